The molecular weight excluding hydrogens is 318 g/mol. The second-order valence-electron chi connectivity index (χ2n) is 6.90. The van der Waals surface area contributed by atoms with E-state index in [1.165, 1.54) is 5.56 Å². The van der Waals surface area contributed by atoms with Gasteiger partial charge in [0, 0.05) is 25.3 Å². The van der Waals surface area contributed by atoms with Crippen LogP contribution >= 0.6 is 12.2 Å². The van der Waals surface area contributed by atoms with Gasteiger partial charge in [-0.05, 0) is 55.1 Å². The number of nitrogens with one attached hydrogen (secondary N) is 2. The molecule has 4 nitrogen and oxygen atoms in total. The molecule has 1 saturated heterocycles. The predicted octanol–water partition coefficient (Wildman–Crippen LogP) is 3.43. The molecule has 0 aromatic heterocycles. The first-order chi connectivity index (χ1) is 11.5. The molecule has 1 atom stereocenters. The van der Waals surface area contributed by atoms with Crippen molar-refractivity contribution in [3.63, 3.8) is 0 Å². The lowest BCUT2D eigenvalue weighted by molar-refractivity contribution is -0.126. The highest BCUT2D eigenvalue weighted by Crippen LogP contribution is 2.18. The molecule has 1 aliphatic heterocycles. The molecule has 0 spiro atoms. The number of rotatable bonds is 5. The van der Waals surface area contributed by atoms with Crippen LogP contribution in [0.3, 0.4) is 0 Å². The number of carbonyl (C=O) groups is 1. The van der Waals surface area contributed by atoms with E-state index in [-0.39, 0.29) is 11.8 Å². The molecule has 1 heterocycles. The van der Waals surface area contributed by atoms with Gasteiger partial charge < -0.3 is 15.5 Å². The van der Waals surface area contributed by atoms with Crippen LogP contribution in [0.5, 0.6) is 0 Å². The third-order valence-electron chi connectivity index (χ3n) is 4.38. The van der Waals surface area contributed by atoms with Crippen molar-refractivity contribution < 1.29 is 4.79 Å². The maximum atomic E-state index is 12.3. The lowest BCUT2D eigenvalue weighted by Crippen LogP contribution is -2.47. The fraction of sp³-hybridized carbons (Fsp3) is 0.579. The van der Waals surface area contributed by atoms with Crippen molar-refractivity contribution in [3.8, 4) is 0 Å². The summed E-state index contributed by atoms with van der Waals surface area (Å²) in [6, 6.07) is 8.34. The lowest BCUT2D eigenvalue weighted by Gasteiger charge is -2.34. The van der Waals surface area contributed by atoms with Crippen molar-refractivity contribution >= 4 is 28.9 Å². The van der Waals surface area contributed by atoms with E-state index in [1.807, 2.05) is 0 Å². The van der Waals surface area contributed by atoms with Crippen molar-refractivity contribution in [3.05, 3.63) is 29.8 Å². The molecule has 132 valence electrons. The van der Waals surface area contributed by atoms with Gasteiger partial charge in [0.2, 0.25) is 5.91 Å². The molecule has 1 fully saturated rings. The van der Waals surface area contributed by atoms with Crippen LogP contribution in [0.1, 0.15) is 39.2 Å². The average Bonchev–Trinajstić information content (AvgIpc) is 2.60. The van der Waals surface area contributed by atoms with Crippen LogP contribution in [-0.4, -0.2) is 35.6 Å². The van der Waals surface area contributed by atoms with E-state index in [0.29, 0.717) is 17.6 Å². The molecule has 5 heteroatoms. The topological polar surface area (TPSA) is 44.4 Å². The summed E-state index contributed by atoms with van der Waals surface area (Å²) in [5.74, 6) is 0.658. The Labute approximate surface area is 151 Å². The van der Waals surface area contributed by atoms with Crippen molar-refractivity contribution in [1.29, 1.82) is 0 Å². The molecule has 0 saturated carbocycles. The minimum Gasteiger partial charge on any atom is -0.356 e. The van der Waals surface area contributed by atoms with Crippen LogP contribution in [0.2, 0.25) is 0 Å². The molecule has 1 aromatic rings. The van der Waals surface area contributed by atoms with E-state index < -0.39 is 0 Å². The second-order valence-corrected chi connectivity index (χ2v) is 7.29. The van der Waals surface area contributed by atoms with Crippen LogP contribution in [-0.2, 0) is 11.2 Å². The number of benzene rings is 1. The largest absolute Gasteiger partial charge is 0.356 e. The van der Waals surface area contributed by atoms with E-state index in [9.17, 15) is 4.79 Å². The predicted molar refractivity (Wildman–Crippen MR) is 104 cm³/mol. The molecule has 24 heavy (non-hydrogen) atoms. The number of thiocarbonyl (C=S) groups is 1. The minimum absolute atomic E-state index is 0.0275. The molecule has 1 unspecified atom stereocenters. The lowest BCUT2D eigenvalue weighted by atomic mass is 9.97. The molecular formula is C19H29N3OS. The van der Waals surface area contributed by atoms with Gasteiger partial charge >= 0.3 is 0 Å². The Morgan fingerprint density at radius 3 is 2.67 bits per heavy atom. The molecule has 0 radical (unpaired) electrons. The number of hydrogen-bond acceptors (Lipinski definition) is 2. The number of likely N-dealkylation sites (tertiary alicyclic amines) is 1. The minimum atomic E-state index is 0.0275. The van der Waals surface area contributed by atoms with Gasteiger partial charge in [0.1, 0.15) is 0 Å². The van der Waals surface area contributed by atoms with Gasteiger partial charge in [-0.2, -0.15) is 0 Å². The Morgan fingerprint density at radius 2 is 2.04 bits per heavy atom. The van der Waals surface area contributed by atoms with Gasteiger partial charge in [0.25, 0.3) is 0 Å². The van der Waals surface area contributed by atoms with E-state index in [4.69, 9.17) is 12.2 Å². The zero-order valence-corrected chi connectivity index (χ0v) is 15.8. The summed E-state index contributed by atoms with van der Waals surface area (Å²) in [5, 5.41) is 7.05. The van der Waals surface area contributed by atoms with Gasteiger partial charge in [-0.3, -0.25) is 4.79 Å². The van der Waals surface area contributed by atoms with Crippen molar-refractivity contribution in [2.45, 2.75) is 40.0 Å². The van der Waals surface area contributed by atoms with Gasteiger partial charge in [-0.15, -0.1) is 0 Å². The summed E-state index contributed by atoms with van der Waals surface area (Å²) < 4.78 is 0. The fourth-order valence-corrected chi connectivity index (χ4v) is 3.13. The van der Waals surface area contributed by atoms with Gasteiger partial charge in [0.15, 0.2) is 5.11 Å². The number of anilines is 1. The number of piperidine rings is 1. The summed E-state index contributed by atoms with van der Waals surface area (Å²) in [7, 11) is 0. The first kappa shape index (κ1) is 18.7. The summed E-state index contributed by atoms with van der Waals surface area (Å²) in [5.41, 5.74) is 2.31. The Bertz CT molecular complexity index is 556. The molecule has 2 N–H and O–H groups in total. The molecule has 1 aliphatic rings. The van der Waals surface area contributed by atoms with Crippen LogP contribution < -0.4 is 10.6 Å². The zero-order valence-electron chi connectivity index (χ0n) is 15.0. The second kappa shape index (κ2) is 9.02. The number of aryl methyl sites for hydroxylation is 1. The molecule has 0 bridgehead atoms. The first-order valence-electron chi connectivity index (χ1n) is 8.92. The molecule has 1 amide bonds. The quantitative estimate of drug-likeness (QED) is 0.801. The highest BCUT2D eigenvalue weighted by atomic mass is 32.1. The van der Waals surface area contributed by atoms with Crippen LogP contribution in [0.15, 0.2) is 24.3 Å². The third-order valence-corrected chi connectivity index (χ3v) is 4.74. The molecule has 0 aliphatic carbocycles. The Hall–Kier alpha value is -1.62. The fourth-order valence-electron chi connectivity index (χ4n) is 2.85. The third kappa shape index (κ3) is 5.48. The summed E-state index contributed by atoms with van der Waals surface area (Å²) >= 11 is 5.55. The molecule has 2 rings (SSSR count). The zero-order chi connectivity index (χ0) is 17.5. The Morgan fingerprint density at radius 1 is 1.33 bits per heavy atom. The van der Waals surface area contributed by atoms with E-state index in [1.54, 1.807) is 0 Å². The van der Waals surface area contributed by atoms with E-state index in [0.717, 1.165) is 38.0 Å². The van der Waals surface area contributed by atoms with Crippen LogP contribution in [0.25, 0.3) is 0 Å². The number of carbonyl (C=O) groups excluding carboxylic acids is 1. The van der Waals surface area contributed by atoms with Crippen LogP contribution in [0, 0.1) is 11.8 Å². The van der Waals surface area contributed by atoms with Gasteiger partial charge in [-0.1, -0.05) is 32.9 Å². The van der Waals surface area contributed by atoms with Crippen molar-refractivity contribution in [2.75, 3.05) is 25.0 Å². The first-order valence-corrected chi connectivity index (χ1v) is 9.33. The molecule has 1 aromatic carbocycles. The summed E-state index contributed by atoms with van der Waals surface area (Å²) in [6.45, 7) is 8.70. The summed E-state index contributed by atoms with van der Waals surface area (Å²) in [6.07, 6.45) is 2.97. The normalized spacial score (nSPS) is 17.7. The highest BCUT2D eigenvalue weighted by molar-refractivity contribution is 7.80. The standard InChI is InChI=1S/C19H29N3OS/c1-4-15-7-9-17(10-8-15)21-19(24)22-11-5-6-16(13-22)18(23)20-12-14(2)3/h7-10,14,16H,4-6,11-13H2,1-3H3,(H,20,23)(H,21,24). The van der Waals surface area contributed by atoms with Gasteiger partial charge in [0.05, 0.1) is 5.92 Å². The maximum Gasteiger partial charge on any atom is 0.224 e. The van der Waals surface area contributed by atoms with Crippen molar-refractivity contribution in [2.24, 2.45) is 11.8 Å². The van der Waals surface area contributed by atoms with Crippen LogP contribution in [0.4, 0.5) is 5.69 Å². The van der Waals surface area contributed by atoms with E-state index >= 15 is 0 Å². The average molecular weight is 348 g/mol. The van der Waals surface area contributed by atoms with Crippen molar-refractivity contribution in [1.82, 2.24) is 10.2 Å². The van der Waals surface area contributed by atoms with E-state index in [2.05, 4.69) is 60.6 Å². The summed E-state index contributed by atoms with van der Waals surface area (Å²) in [4.78, 5) is 14.4. The number of nitrogens with zero attached hydrogens (tertiary/aromatic N) is 1. The Kier molecular flexibility index (Phi) is 7.03. The van der Waals surface area contributed by atoms with Gasteiger partial charge in [-0.25, -0.2) is 0 Å². The highest BCUT2D eigenvalue weighted by Gasteiger charge is 2.27. The maximum absolute atomic E-state index is 12.3. The number of amides is 1. The monoisotopic (exact) mass is 347 g/mol. The Balaban J connectivity index is 1.88. The number of hydrogen-bond donors (Lipinski definition) is 2. The smallest absolute Gasteiger partial charge is 0.224 e. The SMILES string of the molecule is CCc1ccc(NC(=S)N2CCCC(C(=O)NCC(C)C)C2)cc1.